The number of amides is 1. The highest BCUT2D eigenvalue weighted by Crippen LogP contribution is 2.38. The smallest absolute Gasteiger partial charge is 0.239 e. The van der Waals surface area contributed by atoms with Gasteiger partial charge in [0.2, 0.25) is 5.91 Å². The highest BCUT2D eigenvalue weighted by atomic mass is 16.5. The predicted molar refractivity (Wildman–Crippen MR) is 98.7 cm³/mol. The van der Waals surface area contributed by atoms with Crippen molar-refractivity contribution >= 4 is 5.91 Å². The largest absolute Gasteiger partial charge is 0.378 e. The second-order valence-electron chi connectivity index (χ2n) is 8.00. The van der Waals surface area contributed by atoms with Crippen molar-refractivity contribution in [3.8, 4) is 0 Å². The number of hydrogen-bond donors (Lipinski definition) is 1. The van der Waals surface area contributed by atoms with Crippen molar-refractivity contribution in [2.24, 2.45) is 0 Å². The van der Waals surface area contributed by atoms with Crippen molar-refractivity contribution < 1.29 is 9.53 Å². The van der Waals surface area contributed by atoms with E-state index in [4.69, 9.17) is 4.74 Å². The van der Waals surface area contributed by atoms with E-state index in [2.05, 4.69) is 41.4 Å². The number of nitrogens with zero attached hydrogens (tertiary/aromatic N) is 1. The zero-order valence-corrected chi connectivity index (χ0v) is 15.2. The number of ether oxygens (including phenoxy) is 1. The second kappa shape index (κ2) is 7.46. The Morgan fingerprint density at radius 3 is 2.72 bits per heavy atom. The van der Waals surface area contributed by atoms with Gasteiger partial charge in [-0.3, -0.25) is 9.69 Å². The summed E-state index contributed by atoms with van der Waals surface area (Å²) in [5.74, 6) is 0.778. The molecular formula is C21H30N2O2. The molecule has 1 unspecified atom stereocenters. The van der Waals surface area contributed by atoms with Crippen molar-refractivity contribution in [3.05, 3.63) is 35.4 Å². The minimum atomic E-state index is -0.0886. The molecule has 0 aromatic heterocycles. The lowest BCUT2D eigenvalue weighted by Gasteiger charge is -2.41. The number of carbonyl (C=O) groups is 1. The molecule has 3 aliphatic rings. The predicted octanol–water partition coefficient (Wildman–Crippen LogP) is 3.00. The second-order valence-corrected chi connectivity index (χ2v) is 8.00. The van der Waals surface area contributed by atoms with E-state index in [1.165, 1.54) is 36.8 Å². The van der Waals surface area contributed by atoms with Crippen LogP contribution in [0.3, 0.4) is 0 Å². The van der Waals surface area contributed by atoms with Crippen molar-refractivity contribution in [1.29, 1.82) is 0 Å². The minimum Gasteiger partial charge on any atom is -0.378 e. The fourth-order valence-corrected chi connectivity index (χ4v) is 4.85. The van der Waals surface area contributed by atoms with Crippen LogP contribution in [0.15, 0.2) is 24.3 Å². The number of nitrogens with one attached hydrogen (secondary N) is 1. The molecule has 1 atom stereocenters. The maximum atomic E-state index is 12.8. The van der Waals surface area contributed by atoms with Crippen molar-refractivity contribution in [3.63, 3.8) is 0 Å². The summed E-state index contributed by atoms with van der Waals surface area (Å²) in [7, 11) is 0. The molecule has 136 valence electrons. The molecule has 1 aromatic rings. The van der Waals surface area contributed by atoms with Gasteiger partial charge >= 0.3 is 0 Å². The summed E-state index contributed by atoms with van der Waals surface area (Å²) in [6.07, 6.45) is 7.21. The Morgan fingerprint density at radius 2 is 1.96 bits per heavy atom. The summed E-state index contributed by atoms with van der Waals surface area (Å²) in [4.78, 5) is 15.3. The molecule has 1 aliphatic heterocycles. The fourth-order valence-electron chi connectivity index (χ4n) is 4.85. The van der Waals surface area contributed by atoms with E-state index >= 15 is 0 Å². The number of rotatable bonds is 4. The molecule has 2 saturated carbocycles. The summed E-state index contributed by atoms with van der Waals surface area (Å²) in [5, 5.41) is 3.30. The summed E-state index contributed by atoms with van der Waals surface area (Å²) in [6, 6.07) is 9.44. The Morgan fingerprint density at radius 1 is 1.20 bits per heavy atom. The molecule has 0 spiro atoms. The van der Waals surface area contributed by atoms with Gasteiger partial charge in [-0.15, -0.1) is 0 Å². The van der Waals surface area contributed by atoms with Gasteiger partial charge < -0.3 is 10.1 Å². The van der Waals surface area contributed by atoms with Gasteiger partial charge in [0, 0.05) is 18.6 Å². The Balaban J connectivity index is 1.32. The molecule has 1 amide bonds. The van der Waals surface area contributed by atoms with Gasteiger partial charge in [-0.05, 0) is 49.7 Å². The topological polar surface area (TPSA) is 41.6 Å². The minimum absolute atomic E-state index is 0.0886. The molecule has 4 heteroatoms. The van der Waals surface area contributed by atoms with Crippen LogP contribution in [0.4, 0.5) is 0 Å². The van der Waals surface area contributed by atoms with E-state index in [9.17, 15) is 4.79 Å². The number of benzene rings is 1. The standard InChI is InChI=1S/C21H30N2O2/c1-15-6-2-5-9-19(15)16-12-17(13-16)22-21(24)20-14-25-11-10-23(20)18-7-3-4-8-18/h2,5-6,9,16-18,20H,3-4,7-8,10-14H2,1H3,(H,22,24). The third kappa shape index (κ3) is 3.61. The summed E-state index contributed by atoms with van der Waals surface area (Å²) in [5.41, 5.74) is 2.81. The molecule has 1 heterocycles. The van der Waals surface area contributed by atoms with Gasteiger partial charge in [0.1, 0.15) is 6.04 Å². The van der Waals surface area contributed by atoms with Crippen LogP contribution in [0.25, 0.3) is 0 Å². The molecule has 4 rings (SSSR count). The monoisotopic (exact) mass is 342 g/mol. The maximum Gasteiger partial charge on any atom is 0.239 e. The SMILES string of the molecule is Cc1ccccc1C1CC(NC(=O)C2COCCN2C2CCCC2)C1. The lowest BCUT2D eigenvalue weighted by molar-refractivity contribution is -0.135. The van der Waals surface area contributed by atoms with Gasteiger partial charge in [0.15, 0.2) is 0 Å². The highest BCUT2D eigenvalue weighted by molar-refractivity contribution is 5.82. The number of morpholine rings is 1. The molecular weight excluding hydrogens is 312 g/mol. The van der Waals surface area contributed by atoms with E-state index < -0.39 is 0 Å². The maximum absolute atomic E-state index is 12.8. The molecule has 2 aliphatic carbocycles. The lowest BCUT2D eigenvalue weighted by atomic mass is 9.74. The van der Waals surface area contributed by atoms with Crippen molar-refractivity contribution in [2.45, 2.75) is 69.5 Å². The molecule has 25 heavy (non-hydrogen) atoms. The third-order valence-corrected chi connectivity index (χ3v) is 6.38. The molecule has 1 aromatic carbocycles. The molecule has 1 saturated heterocycles. The quantitative estimate of drug-likeness (QED) is 0.914. The first-order chi connectivity index (χ1) is 12.2. The van der Waals surface area contributed by atoms with Gasteiger partial charge in [0.25, 0.3) is 0 Å². The Labute approximate surface area is 150 Å². The Kier molecular flexibility index (Phi) is 5.09. The van der Waals surface area contributed by atoms with Crippen LogP contribution < -0.4 is 5.32 Å². The van der Waals surface area contributed by atoms with Gasteiger partial charge in [-0.1, -0.05) is 37.1 Å². The number of carbonyl (C=O) groups excluding carboxylic acids is 1. The summed E-state index contributed by atoms with van der Waals surface area (Å²) < 4.78 is 5.63. The first kappa shape index (κ1) is 17.0. The molecule has 0 radical (unpaired) electrons. The average Bonchev–Trinajstić information content (AvgIpc) is 3.13. The van der Waals surface area contributed by atoms with Crippen LogP contribution in [0.2, 0.25) is 0 Å². The van der Waals surface area contributed by atoms with Crippen molar-refractivity contribution in [2.75, 3.05) is 19.8 Å². The van der Waals surface area contributed by atoms with E-state index in [1.807, 2.05) is 0 Å². The van der Waals surface area contributed by atoms with E-state index in [-0.39, 0.29) is 11.9 Å². The summed E-state index contributed by atoms with van der Waals surface area (Å²) >= 11 is 0. The first-order valence-corrected chi connectivity index (χ1v) is 9.92. The zero-order valence-electron chi connectivity index (χ0n) is 15.2. The van der Waals surface area contributed by atoms with Crippen LogP contribution in [0.5, 0.6) is 0 Å². The van der Waals surface area contributed by atoms with E-state index in [0.717, 1.165) is 26.0 Å². The molecule has 3 fully saturated rings. The van der Waals surface area contributed by atoms with E-state index in [1.54, 1.807) is 0 Å². The third-order valence-electron chi connectivity index (χ3n) is 6.38. The molecule has 4 nitrogen and oxygen atoms in total. The van der Waals surface area contributed by atoms with Crippen LogP contribution in [-0.2, 0) is 9.53 Å². The summed E-state index contributed by atoms with van der Waals surface area (Å²) in [6.45, 7) is 4.40. The van der Waals surface area contributed by atoms with Gasteiger partial charge in [-0.2, -0.15) is 0 Å². The Bertz CT molecular complexity index is 606. The van der Waals surface area contributed by atoms with Crippen LogP contribution in [0.1, 0.15) is 55.6 Å². The van der Waals surface area contributed by atoms with Gasteiger partial charge in [-0.25, -0.2) is 0 Å². The average molecular weight is 342 g/mol. The fraction of sp³-hybridized carbons (Fsp3) is 0.667. The lowest BCUT2D eigenvalue weighted by Crippen LogP contribution is -2.59. The van der Waals surface area contributed by atoms with Crippen LogP contribution in [0, 0.1) is 6.92 Å². The van der Waals surface area contributed by atoms with Crippen molar-refractivity contribution in [1.82, 2.24) is 10.2 Å². The van der Waals surface area contributed by atoms with Gasteiger partial charge in [0.05, 0.1) is 13.2 Å². The zero-order chi connectivity index (χ0) is 17.2. The normalized spacial score (nSPS) is 30.8. The van der Waals surface area contributed by atoms with E-state index in [0.29, 0.717) is 24.6 Å². The van der Waals surface area contributed by atoms with Crippen LogP contribution in [-0.4, -0.2) is 48.7 Å². The first-order valence-electron chi connectivity index (χ1n) is 9.92. The van der Waals surface area contributed by atoms with Crippen LogP contribution >= 0.6 is 0 Å². The number of hydrogen-bond acceptors (Lipinski definition) is 3. The Hall–Kier alpha value is -1.39. The molecule has 1 N–H and O–H groups in total. The number of aryl methyl sites for hydroxylation is 1. The molecule has 0 bridgehead atoms. The highest BCUT2D eigenvalue weighted by Gasteiger charge is 2.38.